The molecule has 6 nitrogen and oxygen atoms in total. The van der Waals surface area contributed by atoms with Gasteiger partial charge in [0.2, 0.25) is 0 Å². The molecule has 4 atom stereocenters. The number of halogens is 5. The van der Waals surface area contributed by atoms with E-state index in [0.717, 1.165) is 78.0 Å². The van der Waals surface area contributed by atoms with Gasteiger partial charge in [-0.3, -0.25) is 19.4 Å². The second-order valence-corrected chi connectivity index (χ2v) is 16.6. The summed E-state index contributed by atoms with van der Waals surface area (Å²) in [6.07, 6.45) is 3.85. The van der Waals surface area contributed by atoms with Gasteiger partial charge in [0, 0.05) is 39.8 Å². The monoisotopic (exact) mass is 716 g/mol. The number of aromatic nitrogens is 4. The topological polar surface area (TPSA) is 64.7 Å². The Hall–Kier alpha value is -4.67. The summed E-state index contributed by atoms with van der Waals surface area (Å²) in [6.45, 7) is 13.4. The molecule has 2 aromatic heterocycles. The molecule has 0 spiro atoms. The Bertz CT molecular complexity index is 2400. The quantitative estimate of drug-likeness (QED) is 0.189. The van der Waals surface area contributed by atoms with Gasteiger partial charge in [0.1, 0.15) is 28.8 Å². The van der Waals surface area contributed by atoms with Crippen LogP contribution in [-0.2, 0) is 17.4 Å². The molecule has 3 aromatic carbocycles. The Morgan fingerprint density at radius 2 is 1.17 bits per heavy atom. The van der Waals surface area contributed by atoms with Crippen LogP contribution in [0.5, 0.6) is 0 Å². The zero-order valence-electron chi connectivity index (χ0n) is 30.0. The van der Waals surface area contributed by atoms with Crippen LogP contribution < -0.4 is 11.1 Å². The molecule has 9 rings (SSSR count). The summed E-state index contributed by atoms with van der Waals surface area (Å²) in [4.78, 5) is 26.4. The van der Waals surface area contributed by atoms with E-state index in [4.69, 9.17) is 0 Å². The second kappa shape index (κ2) is 11.2. The maximum absolute atomic E-state index is 14.7. The van der Waals surface area contributed by atoms with Gasteiger partial charge in [-0.25, -0.2) is 31.3 Å². The van der Waals surface area contributed by atoms with Crippen LogP contribution in [0.2, 0.25) is 0 Å². The molecule has 0 aliphatic heterocycles. The van der Waals surface area contributed by atoms with Crippen molar-refractivity contribution in [3.63, 3.8) is 0 Å². The Balaban J connectivity index is 0.000000156. The molecule has 0 saturated heterocycles. The van der Waals surface area contributed by atoms with Crippen molar-refractivity contribution >= 4 is 0 Å². The number of hydrogen-bond donors (Lipinski definition) is 1. The van der Waals surface area contributed by atoms with E-state index in [-0.39, 0.29) is 61.8 Å². The Labute approximate surface area is 297 Å². The molecule has 272 valence electrons. The Morgan fingerprint density at radius 3 is 1.75 bits per heavy atom. The number of rotatable bonds is 4. The fourth-order valence-corrected chi connectivity index (χ4v) is 10.2. The molecule has 0 unspecified atom stereocenters. The minimum Gasteiger partial charge on any atom is -0.294 e. The zero-order valence-corrected chi connectivity index (χ0v) is 30.0. The van der Waals surface area contributed by atoms with Crippen LogP contribution >= 0.6 is 0 Å². The van der Waals surface area contributed by atoms with E-state index < -0.39 is 23.3 Å². The third-order valence-electron chi connectivity index (χ3n) is 13.9. The molecule has 0 radical (unpaired) electrons. The van der Waals surface area contributed by atoms with Crippen molar-refractivity contribution in [1.82, 2.24) is 19.1 Å². The van der Waals surface area contributed by atoms with Crippen LogP contribution in [0.1, 0.15) is 107 Å². The van der Waals surface area contributed by atoms with E-state index in [9.17, 15) is 31.5 Å². The number of aromatic amines is 1. The Morgan fingerprint density at radius 1 is 0.654 bits per heavy atom. The maximum Gasteiger partial charge on any atom is 0.275 e. The van der Waals surface area contributed by atoms with Gasteiger partial charge in [0.25, 0.3) is 11.1 Å². The van der Waals surface area contributed by atoms with Gasteiger partial charge in [-0.1, -0.05) is 53.7 Å². The molecule has 4 aliphatic carbocycles. The highest BCUT2D eigenvalue weighted by Crippen LogP contribution is 2.68. The van der Waals surface area contributed by atoms with Crippen molar-refractivity contribution in [2.24, 2.45) is 10.8 Å². The van der Waals surface area contributed by atoms with Crippen molar-refractivity contribution < 1.29 is 22.0 Å². The summed E-state index contributed by atoms with van der Waals surface area (Å²) in [5.74, 6) is -2.92. The summed E-state index contributed by atoms with van der Waals surface area (Å²) in [6, 6.07) is 12.6. The fraction of sp³-hybridized carbons (Fsp3) is 0.415. The van der Waals surface area contributed by atoms with Crippen LogP contribution in [0, 0.1) is 39.9 Å². The van der Waals surface area contributed by atoms with E-state index in [1.807, 2.05) is 4.68 Å². The third kappa shape index (κ3) is 4.46. The van der Waals surface area contributed by atoms with Crippen molar-refractivity contribution in [1.29, 1.82) is 0 Å². The van der Waals surface area contributed by atoms with Crippen LogP contribution in [0.25, 0.3) is 11.4 Å². The largest absolute Gasteiger partial charge is 0.294 e. The second-order valence-electron chi connectivity index (χ2n) is 16.6. The summed E-state index contributed by atoms with van der Waals surface area (Å²) in [5, 5.41) is 3.11. The van der Waals surface area contributed by atoms with Gasteiger partial charge in [-0.05, 0) is 90.3 Å². The average molecular weight is 717 g/mol. The van der Waals surface area contributed by atoms with E-state index in [2.05, 4.69) is 46.6 Å². The molecular weight excluding hydrogens is 675 g/mol. The minimum absolute atomic E-state index is 0.0216. The van der Waals surface area contributed by atoms with Gasteiger partial charge in [0.05, 0.1) is 12.2 Å². The van der Waals surface area contributed by atoms with Gasteiger partial charge >= 0.3 is 0 Å². The molecule has 2 heterocycles. The molecule has 11 heteroatoms. The average Bonchev–Trinajstić information content (AvgIpc) is 3.79. The van der Waals surface area contributed by atoms with Gasteiger partial charge in [-0.15, -0.1) is 0 Å². The Kier molecular flexibility index (Phi) is 7.39. The van der Waals surface area contributed by atoms with Crippen LogP contribution in [-0.4, -0.2) is 19.1 Å². The number of fused-ring (bicyclic) bond motifs is 10. The number of nitrogens with one attached hydrogen (secondary N) is 1. The first-order chi connectivity index (χ1) is 24.4. The predicted molar refractivity (Wildman–Crippen MR) is 188 cm³/mol. The van der Waals surface area contributed by atoms with E-state index in [0.29, 0.717) is 6.54 Å². The summed E-state index contributed by atoms with van der Waals surface area (Å²) >= 11 is 0. The van der Waals surface area contributed by atoms with Crippen LogP contribution in [0.15, 0.2) is 70.3 Å². The lowest BCUT2D eigenvalue weighted by molar-refractivity contribution is 0.216. The molecule has 2 saturated carbocycles. The van der Waals surface area contributed by atoms with Crippen molar-refractivity contribution in [2.75, 3.05) is 0 Å². The first kappa shape index (κ1) is 34.4. The lowest BCUT2D eigenvalue weighted by atomic mass is 9.70. The molecule has 4 aliphatic rings. The van der Waals surface area contributed by atoms with Gasteiger partial charge < -0.3 is 0 Å². The molecule has 0 amide bonds. The molecule has 52 heavy (non-hydrogen) atoms. The number of hydrogen-bond acceptors (Lipinski definition) is 2. The number of H-pyrrole nitrogens is 1. The lowest BCUT2D eigenvalue weighted by Crippen LogP contribution is -2.36. The third-order valence-corrected chi connectivity index (χ3v) is 13.9. The van der Waals surface area contributed by atoms with Gasteiger partial charge in [-0.2, -0.15) is 0 Å². The maximum atomic E-state index is 14.7. The van der Waals surface area contributed by atoms with Crippen molar-refractivity contribution in [2.45, 2.75) is 96.4 Å². The van der Waals surface area contributed by atoms with E-state index in [1.54, 1.807) is 12.1 Å². The predicted octanol–water partition coefficient (Wildman–Crippen LogP) is 8.90. The first-order valence-electron chi connectivity index (χ1n) is 17.8. The molecule has 2 fully saturated rings. The highest BCUT2D eigenvalue weighted by Gasteiger charge is 2.63. The van der Waals surface area contributed by atoms with Crippen LogP contribution in [0.3, 0.4) is 0 Å². The normalized spacial score (nSPS) is 25.6. The molecule has 1 N–H and O–H groups in total. The van der Waals surface area contributed by atoms with E-state index >= 15 is 0 Å². The zero-order chi connectivity index (χ0) is 37.3. The van der Waals surface area contributed by atoms with Crippen LogP contribution in [0.4, 0.5) is 22.0 Å². The number of benzene rings is 3. The fourth-order valence-electron chi connectivity index (χ4n) is 10.2. The summed E-state index contributed by atoms with van der Waals surface area (Å²) in [5.41, 5.74) is 3.37. The highest BCUT2D eigenvalue weighted by molar-refractivity contribution is 5.49. The van der Waals surface area contributed by atoms with E-state index in [1.165, 1.54) is 33.6 Å². The molecule has 4 bridgehead atoms. The standard InChI is InChI=1S/C24H23F3N2O.C17H18F2N2O/c1-23(2)17-10-11-24(23,3)21-20(17)22(30)29(19-9-8-16(26)12-18(19)27)28(21)13-14-4-6-15(25)7-5-14;1-16(2)10-6-7-17(16,3)14-13(10)15(22)21(20-14)12-5-4-9(18)8-11(12)19/h4-9,12,17H,10-11,13H2,1-3H3;4-5,8,10,20H,6-7H2,1-3H3/t17-,24+;10-,17+/m11/s1. The van der Waals surface area contributed by atoms with Crippen molar-refractivity contribution in [3.8, 4) is 11.4 Å². The smallest absolute Gasteiger partial charge is 0.275 e. The van der Waals surface area contributed by atoms with Crippen molar-refractivity contribution in [3.05, 3.63) is 139 Å². The van der Waals surface area contributed by atoms with Gasteiger partial charge in [0.15, 0.2) is 11.6 Å². The minimum atomic E-state index is -0.787. The SMILES string of the molecule is CC1(C)[C@@H]2CC[C@@]1(C)c1[nH]n(-c3ccc(F)cc3F)c(=O)c12.CC1(C)[C@@H]2CC[C@@]1(C)c1c2c(=O)n(-c2ccc(F)cc2F)n1Cc1ccc(F)cc1. The molecular formula is C41H41F5N4O2. The highest BCUT2D eigenvalue weighted by atomic mass is 19.1. The summed E-state index contributed by atoms with van der Waals surface area (Å²) in [7, 11) is 0. The summed E-state index contributed by atoms with van der Waals surface area (Å²) < 4.78 is 73.2. The first-order valence-corrected chi connectivity index (χ1v) is 17.8. The molecule has 5 aromatic rings. The number of nitrogens with zero attached hydrogens (tertiary/aromatic N) is 3. The lowest BCUT2D eigenvalue weighted by Gasteiger charge is -2.36.